The molecule has 144 valence electrons. The molecule has 3 rings (SSSR count). The van der Waals surface area contributed by atoms with E-state index in [4.69, 9.17) is 4.74 Å². The Hall–Kier alpha value is -2.74. The monoisotopic (exact) mass is 379 g/mol. The summed E-state index contributed by atoms with van der Waals surface area (Å²) in [6.45, 7) is 1.54. The van der Waals surface area contributed by atoms with Gasteiger partial charge in [-0.3, -0.25) is 5.32 Å². The Balaban J connectivity index is 1.73. The van der Waals surface area contributed by atoms with Gasteiger partial charge < -0.3 is 15.4 Å². The Labute approximate surface area is 154 Å². The molecule has 0 aromatic heterocycles. The van der Waals surface area contributed by atoms with Gasteiger partial charge in [-0.25, -0.2) is 4.79 Å². The smallest absolute Gasteiger partial charge is 0.410 e. The first kappa shape index (κ1) is 19.0. The van der Waals surface area contributed by atoms with Crippen molar-refractivity contribution in [2.75, 3.05) is 23.7 Å². The van der Waals surface area contributed by atoms with Crippen LogP contribution in [0.2, 0.25) is 0 Å². The standard InChI is InChI=1S/C19H20F3N3O2/c20-19(21,22)16-12-14(25-18(26)27-15-4-2-1-3-5-15)6-7-17(16)24-13-8-10-23-11-9-13/h1-7,12-13,23-24H,8-11H2,(H,25,26). The zero-order valence-corrected chi connectivity index (χ0v) is 14.5. The molecule has 1 heterocycles. The van der Waals surface area contributed by atoms with E-state index in [1.807, 2.05) is 0 Å². The maximum absolute atomic E-state index is 13.5. The summed E-state index contributed by atoms with van der Waals surface area (Å²) in [6.07, 6.45) is -3.90. The Kier molecular flexibility index (Phi) is 5.85. The number of rotatable bonds is 4. The summed E-state index contributed by atoms with van der Waals surface area (Å²) >= 11 is 0. The number of anilines is 2. The van der Waals surface area contributed by atoms with Crippen molar-refractivity contribution in [1.29, 1.82) is 0 Å². The molecule has 1 fully saturated rings. The summed E-state index contributed by atoms with van der Waals surface area (Å²) in [5.41, 5.74) is -0.797. The van der Waals surface area contributed by atoms with Crippen LogP contribution in [0.3, 0.4) is 0 Å². The Morgan fingerprint density at radius 1 is 1.07 bits per heavy atom. The lowest BCUT2D eigenvalue weighted by atomic mass is 10.0. The van der Waals surface area contributed by atoms with Gasteiger partial charge in [-0.2, -0.15) is 13.2 Å². The largest absolute Gasteiger partial charge is 0.418 e. The second-order valence-electron chi connectivity index (χ2n) is 6.25. The van der Waals surface area contributed by atoms with E-state index in [1.54, 1.807) is 30.3 Å². The number of alkyl halides is 3. The number of carbonyl (C=O) groups excluding carboxylic acids is 1. The van der Waals surface area contributed by atoms with Crippen LogP contribution >= 0.6 is 0 Å². The van der Waals surface area contributed by atoms with E-state index in [2.05, 4.69) is 16.0 Å². The molecule has 0 atom stereocenters. The zero-order chi connectivity index (χ0) is 19.3. The molecule has 0 unspecified atom stereocenters. The van der Waals surface area contributed by atoms with Crippen molar-refractivity contribution in [3.8, 4) is 5.75 Å². The molecule has 0 bridgehead atoms. The van der Waals surface area contributed by atoms with Crippen LogP contribution in [0.5, 0.6) is 5.75 Å². The van der Waals surface area contributed by atoms with Gasteiger partial charge in [0.05, 0.1) is 5.56 Å². The number of ether oxygens (including phenoxy) is 1. The molecule has 0 aliphatic carbocycles. The lowest BCUT2D eigenvalue weighted by Crippen LogP contribution is -2.35. The molecule has 1 aliphatic heterocycles. The molecule has 3 N–H and O–H groups in total. The second-order valence-corrected chi connectivity index (χ2v) is 6.25. The van der Waals surface area contributed by atoms with Crippen molar-refractivity contribution in [2.24, 2.45) is 0 Å². The summed E-state index contributed by atoms with van der Waals surface area (Å²) in [4.78, 5) is 11.9. The van der Waals surface area contributed by atoms with Crippen LogP contribution in [0.1, 0.15) is 18.4 Å². The minimum Gasteiger partial charge on any atom is -0.410 e. The number of carbonyl (C=O) groups is 1. The number of para-hydroxylation sites is 1. The molecule has 2 aromatic rings. The number of hydrogen-bond donors (Lipinski definition) is 3. The Morgan fingerprint density at radius 3 is 2.44 bits per heavy atom. The van der Waals surface area contributed by atoms with E-state index in [9.17, 15) is 18.0 Å². The maximum Gasteiger partial charge on any atom is 0.418 e. The molecule has 0 spiro atoms. The fourth-order valence-corrected chi connectivity index (χ4v) is 2.91. The predicted molar refractivity (Wildman–Crippen MR) is 97.0 cm³/mol. The fourth-order valence-electron chi connectivity index (χ4n) is 2.91. The van der Waals surface area contributed by atoms with Crippen LogP contribution in [0, 0.1) is 0 Å². The van der Waals surface area contributed by atoms with Gasteiger partial charge in [-0.15, -0.1) is 0 Å². The molecule has 8 heteroatoms. The quantitative estimate of drug-likeness (QED) is 0.733. The topological polar surface area (TPSA) is 62.4 Å². The highest BCUT2D eigenvalue weighted by atomic mass is 19.4. The first-order valence-electron chi connectivity index (χ1n) is 8.64. The van der Waals surface area contributed by atoms with E-state index in [1.165, 1.54) is 12.1 Å². The van der Waals surface area contributed by atoms with Crippen molar-refractivity contribution in [1.82, 2.24) is 5.32 Å². The zero-order valence-electron chi connectivity index (χ0n) is 14.5. The molecular formula is C19H20F3N3O2. The number of nitrogens with one attached hydrogen (secondary N) is 3. The van der Waals surface area contributed by atoms with Gasteiger partial charge in [-0.05, 0) is 56.3 Å². The highest BCUT2D eigenvalue weighted by molar-refractivity contribution is 5.87. The third kappa shape index (κ3) is 5.37. The predicted octanol–water partition coefficient (Wildman–Crippen LogP) is 4.48. The number of halogens is 3. The molecule has 0 radical (unpaired) electrons. The fraction of sp³-hybridized carbons (Fsp3) is 0.316. The van der Waals surface area contributed by atoms with Crippen LogP contribution in [0.4, 0.5) is 29.3 Å². The van der Waals surface area contributed by atoms with Crippen LogP contribution in [0.25, 0.3) is 0 Å². The van der Waals surface area contributed by atoms with E-state index >= 15 is 0 Å². The average molecular weight is 379 g/mol. The highest BCUT2D eigenvalue weighted by Crippen LogP contribution is 2.37. The third-order valence-corrected chi connectivity index (χ3v) is 4.22. The number of piperidine rings is 1. The number of benzene rings is 2. The van der Waals surface area contributed by atoms with Crippen LogP contribution < -0.4 is 20.7 Å². The summed E-state index contributed by atoms with van der Waals surface area (Å²) in [5.74, 6) is 0.301. The first-order valence-corrected chi connectivity index (χ1v) is 8.64. The van der Waals surface area contributed by atoms with Crippen molar-refractivity contribution >= 4 is 17.5 Å². The van der Waals surface area contributed by atoms with Gasteiger partial charge in [-0.1, -0.05) is 18.2 Å². The van der Waals surface area contributed by atoms with Gasteiger partial charge in [0.1, 0.15) is 5.75 Å². The van der Waals surface area contributed by atoms with Gasteiger partial charge in [0.25, 0.3) is 0 Å². The SMILES string of the molecule is O=C(Nc1ccc(NC2CCNCC2)c(C(F)(F)F)c1)Oc1ccccc1. The molecular weight excluding hydrogens is 359 g/mol. The summed E-state index contributed by atoms with van der Waals surface area (Å²) in [5, 5.41) is 8.48. The molecule has 0 saturated carbocycles. The number of hydrogen-bond acceptors (Lipinski definition) is 4. The Morgan fingerprint density at radius 2 is 1.78 bits per heavy atom. The molecule has 5 nitrogen and oxygen atoms in total. The van der Waals surface area contributed by atoms with Gasteiger partial charge in [0.2, 0.25) is 0 Å². The molecule has 27 heavy (non-hydrogen) atoms. The maximum atomic E-state index is 13.5. The minimum atomic E-state index is -4.55. The van der Waals surface area contributed by atoms with Gasteiger partial charge >= 0.3 is 12.3 Å². The molecule has 2 aromatic carbocycles. The van der Waals surface area contributed by atoms with Crippen molar-refractivity contribution in [3.05, 3.63) is 54.1 Å². The first-order chi connectivity index (χ1) is 12.9. The molecule has 1 aliphatic rings. The normalized spacial score (nSPS) is 15.2. The third-order valence-electron chi connectivity index (χ3n) is 4.22. The minimum absolute atomic E-state index is 0.0105. The molecule has 1 saturated heterocycles. The lowest BCUT2D eigenvalue weighted by molar-refractivity contribution is -0.136. The van der Waals surface area contributed by atoms with Gasteiger partial charge in [0.15, 0.2) is 0 Å². The van der Waals surface area contributed by atoms with E-state index in [0.717, 1.165) is 32.0 Å². The van der Waals surface area contributed by atoms with E-state index < -0.39 is 17.8 Å². The van der Waals surface area contributed by atoms with Crippen LogP contribution in [-0.4, -0.2) is 25.2 Å². The van der Waals surface area contributed by atoms with Crippen molar-refractivity contribution < 1.29 is 22.7 Å². The van der Waals surface area contributed by atoms with Crippen molar-refractivity contribution in [3.63, 3.8) is 0 Å². The number of amides is 1. The van der Waals surface area contributed by atoms with Gasteiger partial charge in [0, 0.05) is 17.4 Å². The summed E-state index contributed by atoms with van der Waals surface area (Å²) in [6, 6.07) is 11.9. The summed E-state index contributed by atoms with van der Waals surface area (Å²) in [7, 11) is 0. The Bertz CT molecular complexity index is 776. The average Bonchev–Trinajstić information content (AvgIpc) is 2.64. The lowest BCUT2D eigenvalue weighted by Gasteiger charge is -2.26. The molecule has 1 amide bonds. The van der Waals surface area contributed by atoms with E-state index in [0.29, 0.717) is 5.75 Å². The van der Waals surface area contributed by atoms with Crippen LogP contribution in [0.15, 0.2) is 48.5 Å². The van der Waals surface area contributed by atoms with E-state index in [-0.39, 0.29) is 17.4 Å². The second kappa shape index (κ2) is 8.30. The van der Waals surface area contributed by atoms with Crippen LogP contribution in [-0.2, 0) is 6.18 Å². The highest BCUT2D eigenvalue weighted by Gasteiger charge is 2.34. The van der Waals surface area contributed by atoms with Crippen molar-refractivity contribution in [2.45, 2.75) is 25.1 Å². The summed E-state index contributed by atoms with van der Waals surface area (Å²) < 4.78 is 45.5.